The molecule has 15 heavy (non-hydrogen) atoms. The molecule has 0 spiro atoms. The standard InChI is InChI=1S/C13H17IS/c1-13(2,3)11-7-5-10(6-8-11)9-12(14)15-4/h5-9H,1-4H3/b12-9+. The predicted octanol–water partition coefficient (Wildman–Crippen LogP) is 5.08. The van der Waals surface area contributed by atoms with Crippen molar-refractivity contribution in [1.82, 2.24) is 0 Å². The van der Waals surface area contributed by atoms with Crippen LogP contribution in [0.5, 0.6) is 0 Å². The number of hydrogen-bond donors (Lipinski definition) is 0. The van der Waals surface area contributed by atoms with Crippen molar-refractivity contribution < 1.29 is 0 Å². The molecular weight excluding hydrogens is 315 g/mol. The van der Waals surface area contributed by atoms with Gasteiger partial charge in [0.2, 0.25) is 0 Å². The summed E-state index contributed by atoms with van der Waals surface area (Å²) >= 11 is 4.14. The van der Waals surface area contributed by atoms with Gasteiger partial charge in [-0.3, -0.25) is 0 Å². The minimum absolute atomic E-state index is 0.245. The first-order valence-electron chi connectivity index (χ1n) is 4.95. The monoisotopic (exact) mass is 332 g/mol. The van der Waals surface area contributed by atoms with Crippen molar-refractivity contribution in [2.45, 2.75) is 26.2 Å². The molecule has 0 aliphatic heterocycles. The average molecular weight is 332 g/mol. The summed E-state index contributed by atoms with van der Waals surface area (Å²) in [5.74, 6) is 0. The Kier molecular flexibility index (Phi) is 4.71. The largest absolute Gasteiger partial charge is 0.123 e. The molecule has 0 saturated carbocycles. The molecule has 0 atom stereocenters. The van der Waals surface area contributed by atoms with Crippen molar-refractivity contribution in [3.05, 3.63) is 38.3 Å². The van der Waals surface area contributed by atoms with E-state index in [0.717, 1.165) is 0 Å². The lowest BCUT2D eigenvalue weighted by Gasteiger charge is -2.18. The van der Waals surface area contributed by atoms with Gasteiger partial charge < -0.3 is 0 Å². The minimum atomic E-state index is 0.245. The van der Waals surface area contributed by atoms with Gasteiger partial charge in [0, 0.05) is 2.91 Å². The van der Waals surface area contributed by atoms with Gasteiger partial charge in [-0.2, -0.15) is 0 Å². The van der Waals surface area contributed by atoms with Gasteiger partial charge in [0.15, 0.2) is 0 Å². The van der Waals surface area contributed by atoms with E-state index in [4.69, 9.17) is 0 Å². The molecule has 0 nitrogen and oxygen atoms in total. The maximum absolute atomic E-state index is 2.36. The number of thioether (sulfide) groups is 1. The molecule has 0 aliphatic rings. The first-order chi connectivity index (χ1) is 6.93. The van der Waals surface area contributed by atoms with E-state index >= 15 is 0 Å². The maximum Gasteiger partial charge on any atom is 0.0460 e. The fourth-order valence-corrected chi connectivity index (χ4v) is 1.88. The molecule has 1 aromatic carbocycles. The van der Waals surface area contributed by atoms with Gasteiger partial charge in [0.25, 0.3) is 0 Å². The smallest absolute Gasteiger partial charge is 0.0460 e. The first-order valence-corrected chi connectivity index (χ1v) is 7.25. The zero-order valence-electron chi connectivity index (χ0n) is 9.67. The summed E-state index contributed by atoms with van der Waals surface area (Å²) in [6, 6.07) is 8.82. The van der Waals surface area contributed by atoms with E-state index < -0.39 is 0 Å². The van der Waals surface area contributed by atoms with E-state index in [1.807, 2.05) is 0 Å². The van der Waals surface area contributed by atoms with Crippen molar-refractivity contribution in [3.8, 4) is 0 Å². The second-order valence-electron chi connectivity index (χ2n) is 4.52. The molecule has 0 fully saturated rings. The van der Waals surface area contributed by atoms with Crippen LogP contribution in [-0.2, 0) is 5.41 Å². The Morgan fingerprint density at radius 3 is 2.13 bits per heavy atom. The van der Waals surface area contributed by atoms with Crippen LogP contribution in [0.4, 0.5) is 0 Å². The fourth-order valence-electron chi connectivity index (χ4n) is 1.27. The van der Waals surface area contributed by atoms with Crippen molar-refractivity contribution in [1.29, 1.82) is 0 Å². The third-order valence-corrected chi connectivity index (χ3v) is 4.39. The van der Waals surface area contributed by atoms with Crippen molar-refractivity contribution >= 4 is 40.4 Å². The summed E-state index contributed by atoms with van der Waals surface area (Å²) in [5.41, 5.74) is 2.91. The first kappa shape index (κ1) is 13.1. The SMILES string of the molecule is CS/C(I)=C/c1ccc(C(C)(C)C)cc1. The van der Waals surface area contributed by atoms with E-state index in [2.05, 4.69) is 80.0 Å². The van der Waals surface area contributed by atoms with Gasteiger partial charge in [0.05, 0.1) is 0 Å². The maximum atomic E-state index is 2.36. The number of hydrogen-bond acceptors (Lipinski definition) is 1. The average Bonchev–Trinajstić information content (AvgIpc) is 2.17. The van der Waals surface area contributed by atoms with Gasteiger partial charge in [-0.1, -0.05) is 45.0 Å². The molecule has 82 valence electrons. The number of rotatable bonds is 2. The minimum Gasteiger partial charge on any atom is -0.123 e. The molecule has 0 heterocycles. The third kappa shape index (κ3) is 4.19. The van der Waals surface area contributed by atoms with Crippen LogP contribution in [0.3, 0.4) is 0 Å². The van der Waals surface area contributed by atoms with Gasteiger partial charge in [-0.25, -0.2) is 0 Å². The highest BCUT2D eigenvalue weighted by Crippen LogP contribution is 2.25. The summed E-state index contributed by atoms with van der Waals surface area (Å²) in [7, 11) is 0. The Hall–Kier alpha value is 0.0400. The Balaban J connectivity index is 2.91. The molecule has 1 rings (SSSR count). The quantitative estimate of drug-likeness (QED) is 0.681. The highest BCUT2D eigenvalue weighted by Gasteiger charge is 2.12. The summed E-state index contributed by atoms with van der Waals surface area (Å²) in [4.78, 5) is 0. The molecule has 0 aromatic heterocycles. The lowest BCUT2D eigenvalue weighted by atomic mass is 9.87. The van der Waals surface area contributed by atoms with E-state index in [1.165, 1.54) is 14.0 Å². The zero-order valence-corrected chi connectivity index (χ0v) is 12.6. The molecule has 0 unspecified atom stereocenters. The second kappa shape index (κ2) is 5.39. The number of halogens is 1. The van der Waals surface area contributed by atoms with Crippen LogP contribution in [0.1, 0.15) is 31.9 Å². The molecular formula is C13H17IS. The Labute approximate surface area is 111 Å². The lowest BCUT2D eigenvalue weighted by Crippen LogP contribution is -2.10. The van der Waals surface area contributed by atoms with E-state index in [0.29, 0.717) is 0 Å². The summed E-state index contributed by atoms with van der Waals surface area (Å²) in [6.45, 7) is 6.72. The Morgan fingerprint density at radius 1 is 1.20 bits per heavy atom. The summed E-state index contributed by atoms with van der Waals surface area (Å²) in [6.07, 6.45) is 4.31. The van der Waals surface area contributed by atoms with Crippen molar-refractivity contribution in [2.24, 2.45) is 0 Å². The van der Waals surface area contributed by atoms with Crippen LogP contribution in [0.25, 0.3) is 6.08 Å². The fraction of sp³-hybridized carbons (Fsp3) is 0.385. The molecule has 0 bridgehead atoms. The summed E-state index contributed by atoms with van der Waals surface area (Å²) < 4.78 is 1.32. The normalized spacial score (nSPS) is 13.0. The van der Waals surface area contributed by atoms with E-state index in [9.17, 15) is 0 Å². The third-order valence-electron chi connectivity index (χ3n) is 2.25. The van der Waals surface area contributed by atoms with Gasteiger partial charge in [-0.05, 0) is 51.5 Å². The van der Waals surface area contributed by atoms with Crippen molar-refractivity contribution in [2.75, 3.05) is 6.26 Å². The molecule has 0 radical (unpaired) electrons. The molecule has 0 saturated heterocycles. The van der Waals surface area contributed by atoms with Gasteiger partial charge >= 0.3 is 0 Å². The zero-order chi connectivity index (χ0) is 11.5. The van der Waals surface area contributed by atoms with E-state index in [-0.39, 0.29) is 5.41 Å². The summed E-state index contributed by atoms with van der Waals surface area (Å²) in [5, 5.41) is 0. The van der Waals surface area contributed by atoms with E-state index in [1.54, 1.807) is 11.8 Å². The van der Waals surface area contributed by atoms with Crippen LogP contribution >= 0.6 is 34.4 Å². The molecule has 0 N–H and O–H groups in total. The lowest BCUT2D eigenvalue weighted by molar-refractivity contribution is 0.590. The molecule has 0 aliphatic carbocycles. The Bertz CT molecular complexity index is 344. The molecule has 1 aromatic rings. The highest BCUT2D eigenvalue weighted by molar-refractivity contribution is 14.1. The van der Waals surface area contributed by atoms with Gasteiger partial charge in [0.1, 0.15) is 0 Å². The topological polar surface area (TPSA) is 0 Å². The van der Waals surface area contributed by atoms with Crippen LogP contribution in [0, 0.1) is 0 Å². The number of benzene rings is 1. The van der Waals surface area contributed by atoms with Crippen LogP contribution in [-0.4, -0.2) is 6.26 Å². The predicted molar refractivity (Wildman–Crippen MR) is 80.7 cm³/mol. The van der Waals surface area contributed by atoms with Crippen molar-refractivity contribution in [3.63, 3.8) is 0 Å². The highest BCUT2D eigenvalue weighted by atomic mass is 127. The molecule has 2 heteroatoms. The van der Waals surface area contributed by atoms with Crippen LogP contribution in [0.15, 0.2) is 27.2 Å². The molecule has 0 amide bonds. The Morgan fingerprint density at radius 2 is 1.73 bits per heavy atom. The van der Waals surface area contributed by atoms with Gasteiger partial charge in [-0.15, -0.1) is 11.8 Å². The van der Waals surface area contributed by atoms with Crippen LogP contribution < -0.4 is 0 Å². The van der Waals surface area contributed by atoms with Crippen LogP contribution in [0.2, 0.25) is 0 Å². The second-order valence-corrected chi connectivity index (χ2v) is 7.27.